The van der Waals surface area contributed by atoms with E-state index >= 15 is 0 Å². The van der Waals surface area contributed by atoms with Gasteiger partial charge in [0.05, 0.1) is 12.6 Å². The Kier molecular flexibility index (Phi) is 4.37. The maximum Gasteiger partial charge on any atom is 0.190 e. The Balaban J connectivity index is 2.46. The highest BCUT2D eigenvalue weighted by atomic mass is 32.2. The van der Waals surface area contributed by atoms with E-state index in [0.29, 0.717) is 6.54 Å². The minimum atomic E-state index is -0.260. The predicted octanol–water partition coefficient (Wildman–Crippen LogP) is 0.137. The molecule has 3 N–H and O–H groups in total. The third kappa shape index (κ3) is 2.97. The molecule has 14 heavy (non-hydrogen) atoms. The van der Waals surface area contributed by atoms with Crippen LogP contribution >= 0.6 is 11.8 Å². The second-order valence-electron chi connectivity index (χ2n) is 3.15. The smallest absolute Gasteiger partial charge is 0.190 e. The van der Waals surface area contributed by atoms with Crippen LogP contribution in [0.2, 0.25) is 0 Å². The molecule has 0 amide bonds. The molecule has 0 aliphatic rings. The molecule has 0 aromatic carbocycles. The van der Waals surface area contributed by atoms with Crippen LogP contribution in [0, 0.1) is 0 Å². The zero-order valence-electron chi connectivity index (χ0n) is 8.47. The van der Waals surface area contributed by atoms with Gasteiger partial charge in [-0.25, -0.2) is 0 Å². The molecule has 6 heteroatoms. The number of rotatable bonds is 5. The van der Waals surface area contributed by atoms with E-state index in [0.717, 1.165) is 23.2 Å². The summed E-state index contributed by atoms with van der Waals surface area (Å²) in [5.41, 5.74) is 5.47. The van der Waals surface area contributed by atoms with Crippen molar-refractivity contribution in [2.75, 3.05) is 5.75 Å². The standard InChI is InChI=1S/C8H16N4OS/c1-6(13)3-4-14-8-11-10-7(5-9)12(8)2/h6,13H,3-5,9H2,1-2H3. The highest BCUT2D eigenvalue weighted by Gasteiger charge is 2.07. The molecule has 0 aliphatic heterocycles. The van der Waals surface area contributed by atoms with Crippen LogP contribution in [0.15, 0.2) is 5.16 Å². The van der Waals surface area contributed by atoms with Crippen molar-refractivity contribution in [1.82, 2.24) is 14.8 Å². The lowest BCUT2D eigenvalue weighted by Gasteiger charge is -2.03. The molecule has 1 aromatic heterocycles. The molecular formula is C8H16N4OS. The Morgan fingerprint density at radius 3 is 2.79 bits per heavy atom. The van der Waals surface area contributed by atoms with Gasteiger partial charge >= 0.3 is 0 Å². The molecule has 0 saturated carbocycles. The molecule has 0 spiro atoms. The molecular weight excluding hydrogens is 200 g/mol. The summed E-state index contributed by atoms with van der Waals surface area (Å²) in [7, 11) is 1.90. The van der Waals surface area contributed by atoms with E-state index in [2.05, 4.69) is 10.2 Å². The van der Waals surface area contributed by atoms with E-state index in [9.17, 15) is 0 Å². The van der Waals surface area contributed by atoms with E-state index in [1.807, 2.05) is 11.6 Å². The molecule has 0 aliphatic carbocycles. The predicted molar refractivity (Wildman–Crippen MR) is 55.9 cm³/mol. The highest BCUT2D eigenvalue weighted by Crippen LogP contribution is 2.16. The Morgan fingerprint density at radius 1 is 1.57 bits per heavy atom. The van der Waals surface area contributed by atoms with E-state index in [1.54, 1.807) is 18.7 Å². The minimum absolute atomic E-state index is 0.260. The summed E-state index contributed by atoms with van der Waals surface area (Å²) >= 11 is 1.59. The first-order valence-electron chi connectivity index (χ1n) is 4.54. The molecule has 0 bridgehead atoms. The monoisotopic (exact) mass is 216 g/mol. The molecule has 1 unspecified atom stereocenters. The van der Waals surface area contributed by atoms with Crippen LogP contribution in [-0.4, -0.2) is 31.7 Å². The maximum absolute atomic E-state index is 9.07. The number of hydrogen-bond acceptors (Lipinski definition) is 5. The van der Waals surface area contributed by atoms with Gasteiger partial charge in [-0.3, -0.25) is 0 Å². The molecule has 0 saturated heterocycles. The largest absolute Gasteiger partial charge is 0.393 e. The third-order valence-corrected chi connectivity index (χ3v) is 2.93. The Hall–Kier alpha value is -0.590. The third-order valence-electron chi connectivity index (χ3n) is 1.87. The Bertz CT molecular complexity index is 287. The summed E-state index contributed by atoms with van der Waals surface area (Å²) in [6, 6.07) is 0. The van der Waals surface area contributed by atoms with E-state index in [1.165, 1.54) is 0 Å². The fourth-order valence-electron chi connectivity index (χ4n) is 0.969. The van der Waals surface area contributed by atoms with Gasteiger partial charge in [0.2, 0.25) is 0 Å². The van der Waals surface area contributed by atoms with Crippen molar-refractivity contribution in [3.05, 3.63) is 5.82 Å². The van der Waals surface area contributed by atoms with Crippen molar-refractivity contribution in [3.63, 3.8) is 0 Å². The lowest BCUT2D eigenvalue weighted by Crippen LogP contribution is -2.06. The number of aliphatic hydroxyl groups is 1. The molecule has 0 radical (unpaired) electrons. The fourth-order valence-corrected chi connectivity index (χ4v) is 2.01. The van der Waals surface area contributed by atoms with Gasteiger partial charge < -0.3 is 15.4 Å². The normalized spacial score (nSPS) is 13.1. The molecule has 5 nitrogen and oxygen atoms in total. The molecule has 80 valence electrons. The van der Waals surface area contributed by atoms with Crippen LogP contribution in [-0.2, 0) is 13.6 Å². The number of aromatic nitrogens is 3. The van der Waals surface area contributed by atoms with Crippen LogP contribution < -0.4 is 5.73 Å². The minimum Gasteiger partial charge on any atom is -0.393 e. The van der Waals surface area contributed by atoms with E-state index in [4.69, 9.17) is 10.8 Å². The Labute approximate surface area is 87.7 Å². The quantitative estimate of drug-likeness (QED) is 0.684. The van der Waals surface area contributed by atoms with Crippen molar-refractivity contribution in [2.45, 2.75) is 31.1 Å². The first-order chi connectivity index (χ1) is 6.65. The topological polar surface area (TPSA) is 77.0 Å². The average molecular weight is 216 g/mol. The second-order valence-corrected chi connectivity index (χ2v) is 4.21. The Morgan fingerprint density at radius 2 is 2.29 bits per heavy atom. The number of hydrogen-bond donors (Lipinski definition) is 2. The fraction of sp³-hybridized carbons (Fsp3) is 0.750. The van der Waals surface area contributed by atoms with Gasteiger partial charge in [0.25, 0.3) is 0 Å². The summed E-state index contributed by atoms with van der Waals surface area (Å²) in [5.74, 6) is 1.62. The van der Waals surface area contributed by atoms with Gasteiger partial charge in [-0.1, -0.05) is 11.8 Å². The second kappa shape index (κ2) is 5.33. The van der Waals surface area contributed by atoms with Crippen molar-refractivity contribution < 1.29 is 5.11 Å². The van der Waals surface area contributed by atoms with Crippen molar-refractivity contribution >= 4 is 11.8 Å². The van der Waals surface area contributed by atoms with Crippen LogP contribution in [0.25, 0.3) is 0 Å². The first-order valence-corrected chi connectivity index (χ1v) is 5.53. The lowest BCUT2D eigenvalue weighted by atomic mass is 10.3. The zero-order valence-corrected chi connectivity index (χ0v) is 9.29. The number of thioether (sulfide) groups is 1. The van der Waals surface area contributed by atoms with E-state index in [-0.39, 0.29) is 6.10 Å². The van der Waals surface area contributed by atoms with Crippen molar-refractivity contribution in [1.29, 1.82) is 0 Å². The summed E-state index contributed by atoms with van der Waals surface area (Å²) in [4.78, 5) is 0. The first kappa shape index (κ1) is 11.5. The molecule has 1 heterocycles. The van der Waals surface area contributed by atoms with Crippen LogP contribution in [0.4, 0.5) is 0 Å². The van der Waals surface area contributed by atoms with E-state index < -0.39 is 0 Å². The van der Waals surface area contributed by atoms with Crippen LogP contribution in [0.5, 0.6) is 0 Å². The summed E-state index contributed by atoms with van der Waals surface area (Å²) < 4.78 is 1.88. The number of nitrogens with two attached hydrogens (primary N) is 1. The van der Waals surface area contributed by atoms with Gasteiger partial charge in [0, 0.05) is 12.8 Å². The molecule has 1 aromatic rings. The summed E-state index contributed by atoms with van der Waals surface area (Å²) in [6.45, 7) is 2.18. The van der Waals surface area contributed by atoms with Crippen molar-refractivity contribution in [2.24, 2.45) is 12.8 Å². The summed E-state index contributed by atoms with van der Waals surface area (Å²) in [5, 5.41) is 17.9. The van der Waals surface area contributed by atoms with Gasteiger partial charge in [-0.15, -0.1) is 10.2 Å². The zero-order chi connectivity index (χ0) is 10.6. The van der Waals surface area contributed by atoms with Gasteiger partial charge in [0.1, 0.15) is 5.82 Å². The van der Waals surface area contributed by atoms with Crippen LogP contribution in [0.3, 0.4) is 0 Å². The van der Waals surface area contributed by atoms with Crippen molar-refractivity contribution in [3.8, 4) is 0 Å². The lowest BCUT2D eigenvalue weighted by molar-refractivity contribution is 0.192. The van der Waals surface area contributed by atoms with Gasteiger partial charge in [0.15, 0.2) is 5.16 Å². The van der Waals surface area contributed by atoms with Gasteiger partial charge in [-0.05, 0) is 13.3 Å². The maximum atomic E-state index is 9.07. The number of aliphatic hydroxyl groups excluding tert-OH is 1. The number of nitrogens with zero attached hydrogens (tertiary/aromatic N) is 3. The highest BCUT2D eigenvalue weighted by molar-refractivity contribution is 7.99. The molecule has 1 atom stereocenters. The molecule has 0 fully saturated rings. The summed E-state index contributed by atoms with van der Waals surface area (Å²) in [6.07, 6.45) is 0.500. The SMILES string of the molecule is CC(O)CCSc1nnc(CN)n1C. The average Bonchev–Trinajstić information content (AvgIpc) is 2.47. The van der Waals surface area contributed by atoms with Crippen LogP contribution in [0.1, 0.15) is 19.2 Å². The molecule has 1 rings (SSSR count). The van der Waals surface area contributed by atoms with Gasteiger partial charge in [-0.2, -0.15) is 0 Å².